The molecule has 1 amide bonds. The minimum atomic E-state index is -1.33. The van der Waals surface area contributed by atoms with Crippen LogP contribution in [0, 0.1) is 0 Å². The molecule has 1 rings (SSSR count). The Morgan fingerprint density at radius 2 is 2.22 bits per heavy atom. The van der Waals surface area contributed by atoms with Crippen LogP contribution in [0.1, 0.15) is 17.3 Å². The van der Waals surface area contributed by atoms with Crippen molar-refractivity contribution in [2.24, 2.45) is 0 Å². The number of nitrogens with one attached hydrogen (secondary N) is 1. The van der Waals surface area contributed by atoms with Crippen LogP contribution in [-0.2, 0) is 0 Å². The summed E-state index contributed by atoms with van der Waals surface area (Å²) in [7, 11) is 1.52. The summed E-state index contributed by atoms with van der Waals surface area (Å²) in [4.78, 5) is 11.9. The average molecular weight is 318 g/mol. The Kier molecular flexibility index (Phi) is 5.13. The van der Waals surface area contributed by atoms with E-state index >= 15 is 0 Å². The number of rotatable bonds is 5. The summed E-state index contributed by atoms with van der Waals surface area (Å²) in [5.41, 5.74) is -0.927. The molecule has 0 aliphatic carbocycles. The maximum atomic E-state index is 11.9. The molecule has 1 unspecified atom stereocenters. The summed E-state index contributed by atoms with van der Waals surface area (Å²) in [6, 6.07) is 5.02. The zero-order valence-electron chi connectivity index (χ0n) is 10.2. The van der Waals surface area contributed by atoms with Crippen molar-refractivity contribution in [3.05, 3.63) is 28.2 Å². The van der Waals surface area contributed by atoms with Gasteiger partial charge in [0.25, 0.3) is 5.91 Å². The molecule has 5 nitrogen and oxygen atoms in total. The highest BCUT2D eigenvalue weighted by atomic mass is 79.9. The van der Waals surface area contributed by atoms with Crippen LogP contribution < -0.4 is 10.1 Å². The van der Waals surface area contributed by atoms with E-state index in [0.717, 1.165) is 0 Å². The van der Waals surface area contributed by atoms with Gasteiger partial charge in [0.1, 0.15) is 11.4 Å². The number of benzene rings is 1. The van der Waals surface area contributed by atoms with Crippen LogP contribution >= 0.6 is 15.9 Å². The van der Waals surface area contributed by atoms with E-state index in [2.05, 4.69) is 21.2 Å². The zero-order chi connectivity index (χ0) is 13.8. The molecule has 6 heteroatoms. The highest BCUT2D eigenvalue weighted by Crippen LogP contribution is 2.22. The van der Waals surface area contributed by atoms with Crippen LogP contribution in [0.15, 0.2) is 22.7 Å². The predicted octanol–water partition coefficient (Wildman–Crippen LogP) is 0.931. The van der Waals surface area contributed by atoms with Crippen molar-refractivity contribution >= 4 is 21.8 Å². The molecule has 100 valence electrons. The van der Waals surface area contributed by atoms with Gasteiger partial charge in [-0.2, -0.15) is 0 Å². The minimum absolute atomic E-state index is 0.0357. The van der Waals surface area contributed by atoms with Gasteiger partial charge in [0.2, 0.25) is 0 Å². The van der Waals surface area contributed by atoms with Crippen molar-refractivity contribution in [2.75, 3.05) is 20.3 Å². The van der Waals surface area contributed by atoms with E-state index in [1.165, 1.54) is 14.0 Å². The Hall–Kier alpha value is -1.11. The van der Waals surface area contributed by atoms with Gasteiger partial charge in [-0.1, -0.05) is 0 Å². The van der Waals surface area contributed by atoms with Crippen LogP contribution in [-0.4, -0.2) is 42.0 Å². The van der Waals surface area contributed by atoms with Crippen LogP contribution in [0.2, 0.25) is 0 Å². The number of amides is 1. The van der Waals surface area contributed by atoms with E-state index in [0.29, 0.717) is 15.8 Å². The van der Waals surface area contributed by atoms with Crippen molar-refractivity contribution in [3.8, 4) is 5.75 Å². The van der Waals surface area contributed by atoms with Crippen molar-refractivity contribution in [3.63, 3.8) is 0 Å². The van der Waals surface area contributed by atoms with E-state index in [1.54, 1.807) is 18.2 Å². The summed E-state index contributed by atoms with van der Waals surface area (Å²) in [5.74, 6) is 0.215. The third-order valence-electron chi connectivity index (χ3n) is 2.39. The number of halogens is 1. The van der Waals surface area contributed by atoms with Crippen LogP contribution in [0.25, 0.3) is 0 Å². The summed E-state index contributed by atoms with van der Waals surface area (Å²) < 4.78 is 5.67. The third kappa shape index (κ3) is 3.97. The lowest BCUT2D eigenvalue weighted by Crippen LogP contribution is -2.43. The molecule has 0 radical (unpaired) electrons. The minimum Gasteiger partial charge on any atom is -0.497 e. The van der Waals surface area contributed by atoms with Crippen molar-refractivity contribution in [1.82, 2.24) is 5.32 Å². The van der Waals surface area contributed by atoms with Gasteiger partial charge in [-0.15, -0.1) is 0 Å². The SMILES string of the molecule is COc1ccc(Br)c(C(=O)NCC(C)(O)CO)c1. The highest BCUT2D eigenvalue weighted by molar-refractivity contribution is 9.10. The van der Waals surface area contributed by atoms with Gasteiger partial charge in [0, 0.05) is 11.0 Å². The number of ether oxygens (including phenoxy) is 1. The number of aliphatic hydroxyl groups excluding tert-OH is 1. The fraction of sp³-hybridized carbons (Fsp3) is 0.417. The fourth-order valence-electron chi connectivity index (χ4n) is 1.23. The maximum Gasteiger partial charge on any atom is 0.252 e. The van der Waals surface area contributed by atoms with E-state index in [9.17, 15) is 9.90 Å². The van der Waals surface area contributed by atoms with E-state index in [-0.39, 0.29) is 12.5 Å². The number of methoxy groups -OCH3 is 1. The summed E-state index contributed by atoms with van der Waals surface area (Å²) in [6.07, 6.45) is 0. The molecule has 0 saturated heterocycles. The first kappa shape index (κ1) is 14.9. The monoisotopic (exact) mass is 317 g/mol. The van der Waals surface area contributed by atoms with Crippen molar-refractivity contribution in [1.29, 1.82) is 0 Å². The van der Waals surface area contributed by atoms with E-state index < -0.39 is 12.2 Å². The van der Waals surface area contributed by atoms with Gasteiger partial charge < -0.3 is 20.3 Å². The molecule has 1 aromatic carbocycles. The zero-order valence-corrected chi connectivity index (χ0v) is 11.8. The number of aliphatic hydroxyl groups is 2. The van der Waals surface area contributed by atoms with Gasteiger partial charge in [-0.3, -0.25) is 4.79 Å². The molecule has 3 N–H and O–H groups in total. The standard InChI is InChI=1S/C12H16BrNO4/c1-12(17,7-15)6-14-11(16)9-5-8(18-2)3-4-10(9)13/h3-5,15,17H,6-7H2,1-2H3,(H,14,16). The number of hydrogen-bond acceptors (Lipinski definition) is 4. The second kappa shape index (κ2) is 6.17. The summed E-state index contributed by atoms with van der Waals surface area (Å²) >= 11 is 3.27. The molecule has 1 aromatic rings. The Labute approximate surface area is 114 Å². The van der Waals surface area contributed by atoms with Gasteiger partial charge in [0.05, 0.1) is 19.3 Å². The second-order valence-corrected chi connectivity index (χ2v) is 5.04. The predicted molar refractivity (Wildman–Crippen MR) is 70.7 cm³/mol. The average Bonchev–Trinajstić information content (AvgIpc) is 2.36. The van der Waals surface area contributed by atoms with Crippen LogP contribution in [0.3, 0.4) is 0 Å². The molecule has 0 saturated carbocycles. The molecule has 0 aliphatic heterocycles. The summed E-state index contributed by atoms with van der Waals surface area (Å²) in [6.45, 7) is 0.979. The first-order chi connectivity index (χ1) is 8.39. The molecule has 0 spiro atoms. The lowest BCUT2D eigenvalue weighted by Gasteiger charge is -2.20. The van der Waals surface area contributed by atoms with E-state index in [4.69, 9.17) is 9.84 Å². The van der Waals surface area contributed by atoms with Crippen molar-refractivity contribution in [2.45, 2.75) is 12.5 Å². The number of hydrogen-bond donors (Lipinski definition) is 3. The third-order valence-corrected chi connectivity index (χ3v) is 3.08. The maximum absolute atomic E-state index is 11.9. The Bertz CT molecular complexity index is 434. The number of carbonyl (C=O) groups excluding carboxylic acids is 1. The van der Waals surface area contributed by atoms with Gasteiger partial charge in [-0.25, -0.2) is 0 Å². The quantitative estimate of drug-likeness (QED) is 0.755. The highest BCUT2D eigenvalue weighted by Gasteiger charge is 2.21. The van der Waals surface area contributed by atoms with Crippen LogP contribution in [0.4, 0.5) is 0 Å². The largest absolute Gasteiger partial charge is 0.497 e. The first-order valence-electron chi connectivity index (χ1n) is 5.34. The fourth-order valence-corrected chi connectivity index (χ4v) is 1.65. The lowest BCUT2D eigenvalue weighted by atomic mass is 10.1. The molecule has 0 heterocycles. The van der Waals surface area contributed by atoms with Gasteiger partial charge >= 0.3 is 0 Å². The molecule has 0 aromatic heterocycles. The Morgan fingerprint density at radius 1 is 1.56 bits per heavy atom. The first-order valence-corrected chi connectivity index (χ1v) is 6.14. The lowest BCUT2D eigenvalue weighted by molar-refractivity contribution is 0.00319. The molecular weight excluding hydrogens is 302 g/mol. The van der Waals surface area contributed by atoms with Gasteiger partial charge in [-0.05, 0) is 41.1 Å². The number of carbonyl (C=O) groups is 1. The van der Waals surface area contributed by atoms with Crippen LogP contribution in [0.5, 0.6) is 5.75 Å². The second-order valence-electron chi connectivity index (χ2n) is 4.18. The summed E-state index contributed by atoms with van der Waals surface area (Å²) in [5, 5.41) is 21.0. The molecule has 0 aliphatic rings. The topological polar surface area (TPSA) is 78.8 Å². The van der Waals surface area contributed by atoms with E-state index in [1.807, 2.05) is 0 Å². The normalized spacial score (nSPS) is 13.8. The Balaban J connectivity index is 2.78. The molecule has 1 atom stereocenters. The van der Waals surface area contributed by atoms with Gasteiger partial charge in [0.15, 0.2) is 0 Å². The molecule has 0 fully saturated rings. The molecule has 0 bridgehead atoms. The Morgan fingerprint density at radius 3 is 2.78 bits per heavy atom. The van der Waals surface area contributed by atoms with Crippen molar-refractivity contribution < 1.29 is 19.7 Å². The molecular formula is C12H16BrNO4. The smallest absolute Gasteiger partial charge is 0.252 e. The molecule has 18 heavy (non-hydrogen) atoms.